The van der Waals surface area contributed by atoms with Gasteiger partial charge < -0.3 is 14.8 Å². The summed E-state index contributed by atoms with van der Waals surface area (Å²) in [6, 6.07) is 28.1. The molecule has 0 aliphatic heterocycles. The van der Waals surface area contributed by atoms with E-state index in [9.17, 15) is 10.1 Å². The number of benzene rings is 4. The summed E-state index contributed by atoms with van der Waals surface area (Å²) in [6.07, 6.45) is 1.52. The number of fused-ring (bicyclic) bond motifs is 1. The summed E-state index contributed by atoms with van der Waals surface area (Å²) in [5, 5.41) is 15.1. The summed E-state index contributed by atoms with van der Waals surface area (Å²) >= 11 is 6.17. The van der Waals surface area contributed by atoms with E-state index in [2.05, 4.69) is 5.32 Å². The summed E-state index contributed by atoms with van der Waals surface area (Å²) < 4.78 is 11.8. The normalized spacial score (nSPS) is 11.2. The molecule has 0 aliphatic carbocycles. The molecule has 0 aliphatic rings. The fourth-order valence-electron chi connectivity index (χ4n) is 3.68. The smallest absolute Gasteiger partial charge is 0.266 e. The van der Waals surface area contributed by atoms with Gasteiger partial charge in [-0.25, -0.2) is 0 Å². The second-order valence-electron chi connectivity index (χ2n) is 8.39. The van der Waals surface area contributed by atoms with Gasteiger partial charge in [0, 0.05) is 21.8 Å². The number of nitrogens with zero attached hydrogens (tertiary/aromatic N) is 1. The SMILES string of the molecule is CC(C)Oc1ccc2ccccc2c1/C=C(\C#N)C(=O)Nc1ccc(OCc2ccccc2Cl)cc1. The molecule has 0 bridgehead atoms. The average Bonchev–Trinajstić information content (AvgIpc) is 2.88. The molecule has 1 amide bonds. The fraction of sp³-hybridized carbons (Fsp3) is 0.133. The van der Waals surface area contributed by atoms with Gasteiger partial charge in [0.1, 0.15) is 29.7 Å². The lowest BCUT2D eigenvalue weighted by atomic mass is 10.0. The molecular formula is C30H25ClN2O3. The van der Waals surface area contributed by atoms with Gasteiger partial charge in [-0.15, -0.1) is 0 Å². The topological polar surface area (TPSA) is 71.3 Å². The Bertz CT molecular complexity index is 1450. The van der Waals surface area contributed by atoms with Crippen molar-refractivity contribution in [3.05, 3.63) is 107 Å². The number of anilines is 1. The van der Waals surface area contributed by atoms with E-state index < -0.39 is 5.91 Å². The predicted octanol–water partition coefficient (Wildman–Crippen LogP) is 7.41. The molecule has 0 radical (unpaired) electrons. The zero-order chi connectivity index (χ0) is 25.5. The van der Waals surface area contributed by atoms with E-state index in [1.165, 1.54) is 0 Å². The Kier molecular flexibility index (Phi) is 7.89. The molecule has 4 rings (SSSR count). The van der Waals surface area contributed by atoms with Gasteiger partial charge >= 0.3 is 0 Å². The molecule has 5 nitrogen and oxygen atoms in total. The number of hydrogen-bond acceptors (Lipinski definition) is 4. The van der Waals surface area contributed by atoms with Crippen LogP contribution in [-0.2, 0) is 11.4 Å². The number of nitrogens with one attached hydrogen (secondary N) is 1. The maximum absolute atomic E-state index is 13.0. The molecule has 0 saturated carbocycles. The monoisotopic (exact) mass is 496 g/mol. The van der Waals surface area contributed by atoms with Crippen LogP contribution in [0.25, 0.3) is 16.8 Å². The first-order valence-corrected chi connectivity index (χ1v) is 11.9. The van der Waals surface area contributed by atoms with E-state index in [0.717, 1.165) is 16.3 Å². The molecule has 36 heavy (non-hydrogen) atoms. The van der Waals surface area contributed by atoms with Gasteiger partial charge in [0.05, 0.1) is 6.10 Å². The minimum Gasteiger partial charge on any atom is -0.490 e. The number of rotatable bonds is 8. The van der Waals surface area contributed by atoms with Crippen molar-refractivity contribution in [3.63, 3.8) is 0 Å². The Morgan fingerprint density at radius 1 is 1.00 bits per heavy atom. The van der Waals surface area contributed by atoms with Crippen LogP contribution in [0.3, 0.4) is 0 Å². The molecule has 1 N–H and O–H groups in total. The van der Waals surface area contributed by atoms with Gasteiger partial charge in [-0.2, -0.15) is 5.26 Å². The van der Waals surface area contributed by atoms with Crippen molar-refractivity contribution in [3.8, 4) is 17.6 Å². The largest absolute Gasteiger partial charge is 0.490 e. The van der Waals surface area contributed by atoms with E-state index in [4.69, 9.17) is 21.1 Å². The highest BCUT2D eigenvalue weighted by molar-refractivity contribution is 6.31. The van der Waals surface area contributed by atoms with Gasteiger partial charge in [-0.1, -0.05) is 60.1 Å². The van der Waals surface area contributed by atoms with E-state index in [1.54, 1.807) is 30.3 Å². The lowest BCUT2D eigenvalue weighted by Gasteiger charge is -2.15. The second-order valence-corrected chi connectivity index (χ2v) is 8.80. The third-order valence-electron chi connectivity index (χ3n) is 5.41. The highest BCUT2D eigenvalue weighted by Crippen LogP contribution is 2.31. The first-order valence-electron chi connectivity index (χ1n) is 11.5. The number of carbonyl (C=O) groups excluding carboxylic acids is 1. The molecule has 0 fully saturated rings. The number of hydrogen-bond donors (Lipinski definition) is 1. The van der Waals surface area contributed by atoms with Crippen LogP contribution in [0.2, 0.25) is 5.02 Å². The summed E-state index contributed by atoms with van der Waals surface area (Å²) in [5.41, 5.74) is 2.09. The van der Waals surface area contributed by atoms with Gasteiger partial charge in [-0.3, -0.25) is 4.79 Å². The van der Waals surface area contributed by atoms with Crippen molar-refractivity contribution in [1.29, 1.82) is 5.26 Å². The van der Waals surface area contributed by atoms with Gasteiger partial charge in [0.2, 0.25) is 0 Å². The van der Waals surface area contributed by atoms with Crippen LogP contribution in [0.5, 0.6) is 11.5 Å². The molecule has 180 valence electrons. The van der Waals surface area contributed by atoms with Crippen molar-refractivity contribution in [2.45, 2.75) is 26.6 Å². The zero-order valence-electron chi connectivity index (χ0n) is 20.0. The predicted molar refractivity (Wildman–Crippen MR) is 144 cm³/mol. The van der Waals surface area contributed by atoms with Crippen LogP contribution in [0.4, 0.5) is 5.69 Å². The number of carbonyl (C=O) groups is 1. The quantitative estimate of drug-likeness (QED) is 0.204. The van der Waals surface area contributed by atoms with Crippen LogP contribution in [0.1, 0.15) is 25.0 Å². The van der Waals surface area contributed by atoms with Crippen LogP contribution in [0.15, 0.2) is 90.5 Å². The number of nitriles is 1. The van der Waals surface area contributed by atoms with E-state index in [-0.39, 0.29) is 11.7 Å². The van der Waals surface area contributed by atoms with Crippen LogP contribution < -0.4 is 14.8 Å². The third kappa shape index (κ3) is 6.04. The Morgan fingerprint density at radius 3 is 2.44 bits per heavy atom. The van der Waals surface area contributed by atoms with Crippen molar-refractivity contribution in [2.75, 3.05) is 5.32 Å². The Labute approximate surface area is 215 Å². The molecule has 0 unspecified atom stereocenters. The molecule has 4 aromatic rings. The van der Waals surface area contributed by atoms with Crippen molar-refractivity contribution < 1.29 is 14.3 Å². The Balaban J connectivity index is 1.52. The standard InChI is InChI=1S/C30H25ClN2O3/c1-20(2)36-29-16-11-21-7-3-5-9-26(21)27(29)17-23(18-32)30(34)33-24-12-14-25(15-13-24)35-19-22-8-4-6-10-28(22)31/h3-17,20H,19H2,1-2H3,(H,33,34)/b23-17+. The summed E-state index contributed by atoms with van der Waals surface area (Å²) in [4.78, 5) is 13.0. The molecular weight excluding hydrogens is 472 g/mol. The molecule has 0 saturated heterocycles. The maximum atomic E-state index is 13.0. The van der Waals surface area contributed by atoms with Gasteiger partial charge in [-0.05, 0) is 67.1 Å². The summed E-state index contributed by atoms with van der Waals surface area (Å²) in [5.74, 6) is 0.741. The summed E-state index contributed by atoms with van der Waals surface area (Å²) in [7, 11) is 0. The van der Waals surface area contributed by atoms with Crippen molar-refractivity contribution in [1.82, 2.24) is 0 Å². The maximum Gasteiger partial charge on any atom is 0.266 e. The minimum atomic E-state index is -0.509. The Morgan fingerprint density at radius 2 is 1.72 bits per heavy atom. The van der Waals surface area contributed by atoms with Gasteiger partial charge in [0.25, 0.3) is 5.91 Å². The lowest BCUT2D eigenvalue weighted by Crippen LogP contribution is -2.13. The lowest BCUT2D eigenvalue weighted by molar-refractivity contribution is -0.112. The summed E-state index contributed by atoms with van der Waals surface area (Å²) in [6.45, 7) is 4.20. The molecule has 4 aromatic carbocycles. The fourth-order valence-corrected chi connectivity index (χ4v) is 3.87. The van der Waals surface area contributed by atoms with E-state index in [1.807, 2.05) is 80.6 Å². The first-order chi connectivity index (χ1) is 17.4. The highest BCUT2D eigenvalue weighted by atomic mass is 35.5. The van der Waals surface area contributed by atoms with Crippen LogP contribution >= 0.6 is 11.6 Å². The van der Waals surface area contributed by atoms with E-state index >= 15 is 0 Å². The van der Waals surface area contributed by atoms with Crippen LogP contribution in [0, 0.1) is 11.3 Å². The number of halogens is 1. The minimum absolute atomic E-state index is 0.0287. The first kappa shape index (κ1) is 24.8. The molecule has 0 spiro atoms. The Hall–Kier alpha value is -4.27. The van der Waals surface area contributed by atoms with Crippen molar-refractivity contribution >= 4 is 40.0 Å². The van der Waals surface area contributed by atoms with Gasteiger partial charge in [0.15, 0.2) is 0 Å². The second kappa shape index (κ2) is 11.4. The third-order valence-corrected chi connectivity index (χ3v) is 5.78. The molecule has 0 heterocycles. The zero-order valence-corrected chi connectivity index (χ0v) is 20.8. The van der Waals surface area contributed by atoms with E-state index in [0.29, 0.717) is 34.4 Å². The number of amides is 1. The molecule has 0 aromatic heterocycles. The number of ether oxygens (including phenoxy) is 2. The molecule has 0 atom stereocenters. The molecule has 6 heteroatoms. The highest BCUT2D eigenvalue weighted by Gasteiger charge is 2.14. The van der Waals surface area contributed by atoms with Crippen molar-refractivity contribution in [2.24, 2.45) is 0 Å². The average molecular weight is 497 g/mol. The van der Waals surface area contributed by atoms with Crippen LogP contribution in [-0.4, -0.2) is 12.0 Å².